The third-order valence-electron chi connectivity index (χ3n) is 6.00. The van der Waals surface area contributed by atoms with Crippen LogP contribution in [0.15, 0.2) is 42.7 Å². The molecular formula is C22H23F3N4S. The molecule has 2 fully saturated rings. The van der Waals surface area contributed by atoms with E-state index in [1.165, 1.54) is 18.3 Å². The molecule has 1 aromatic carbocycles. The summed E-state index contributed by atoms with van der Waals surface area (Å²) in [7, 11) is 0. The van der Waals surface area contributed by atoms with Gasteiger partial charge in [-0.15, -0.1) is 11.3 Å². The number of piperidine rings is 1. The molecule has 2 aromatic heterocycles. The number of thiophene rings is 1. The zero-order valence-corrected chi connectivity index (χ0v) is 17.2. The minimum Gasteiger partial charge on any atom is -0.356 e. The van der Waals surface area contributed by atoms with Crippen LogP contribution in [0.2, 0.25) is 0 Å². The Labute approximate surface area is 177 Å². The molecule has 5 rings (SSSR count). The van der Waals surface area contributed by atoms with E-state index in [0.29, 0.717) is 22.8 Å². The van der Waals surface area contributed by atoms with Crippen molar-refractivity contribution in [2.45, 2.75) is 49.9 Å². The van der Waals surface area contributed by atoms with Crippen LogP contribution in [0.25, 0.3) is 10.2 Å². The summed E-state index contributed by atoms with van der Waals surface area (Å²) in [5.74, 6) is 1.38. The Bertz CT molecular complexity index is 1010. The summed E-state index contributed by atoms with van der Waals surface area (Å²) in [6, 6.07) is 13.3. The van der Waals surface area contributed by atoms with E-state index in [1.54, 1.807) is 6.07 Å². The summed E-state index contributed by atoms with van der Waals surface area (Å²) >= 11 is 1.11. The van der Waals surface area contributed by atoms with Crippen LogP contribution in [0.4, 0.5) is 19.0 Å². The number of fused-ring (bicyclic) bond motifs is 1. The van der Waals surface area contributed by atoms with E-state index in [4.69, 9.17) is 0 Å². The maximum atomic E-state index is 12.8. The van der Waals surface area contributed by atoms with Gasteiger partial charge in [-0.05, 0) is 30.9 Å². The van der Waals surface area contributed by atoms with Crippen LogP contribution in [-0.4, -0.2) is 41.3 Å². The number of rotatable bonds is 5. The quantitative estimate of drug-likeness (QED) is 0.622. The highest BCUT2D eigenvalue weighted by Crippen LogP contribution is 2.41. The number of nitrogens with zero attached hydrogens (tertiary/aromatic N) is 3. The van der Waals surface area contributed by atoms with E-state index in [0.717, 1.165) is 48.5 Å². The smallest absolute Gasteiger partial charge is 0.356 e. The number of anilines is 1. The zero-order valence-electron chi connectivity index (χ0n) is 16.4. The van der Waals surface area contributed by atoms with Gasteiger partial charge in [-0.2, -0.15) is 13.2 Å². The van der Waals surface area contributed by atoms with Crippen molar-refractivity contribution in [2.24, 2.45) is 0 Å². The fourth-order valence-electron chi connectivity index (χ4n) is 4.44. The molecule has 2 aliphatic rings. The maximum Gasteiger partial charge on any atom is 0.393 e. The van der Waals surface area contributed by atoms with Gasteiger partial charge in [0.2, 0.25) is 0 Å². The van der Waals surface area contributed by atoms with E-state index in [2.05, 4.69) is 44.5 Å². The van der Waals surface area contributed by atoms with Crippen molar-refractivity contribution >= 4 is 27.4 Å². The molecule has 1 saturated heterocycles. The highest BCUT2D eigenvalue weighted by Gasteiger charge is 2.39. The fourth-order valence-corrected chi connectivity index (χ4v) is 5.46. The average Bonchev–Trinajstić information content (AvgIpc) is 3.37. The van der Waals surface area contributed by atoms with Gasteiger partial charge >= 0.3 is 6.18 Å². The van der Waals surface area contributed by atoms with E-state index < -0.39 is 12.6 Å². The molecule has 1 aliphatic carbocycles. The van der Waals surface area contributed by atoms with Crippen molar-refractivity contribution in [3.05, 3.63) is 53.2 Å². The highest BCUT2D eigenvalue weighted by atomic mass is 32.1. The van der Waals surface area contributed by atoms with E-state index in [9.17, 15) is 13.2 Å². The molecular weight excluding hydrogens is 409 g/mol. The molecule has 3 heterocycles. The van der Waals surface area contributed by atoms with Gasteiger partial charge in [-0.1, -0.05) is 30.3 Å². The molecule has 0 unspecified atom stereocenters. The summed E-state index contributed by atoms with van der Waals surface area (Å²) < 4.78 is 38.3. The first-order valence-corrected chi connectivity index (χ1v) is 11.1. The molecule has 3 aromatic rings. The van der Waals surface area contributed by atoms with Gasteiger partial charge in [0.1, 0.15) is 17.0 Å². The standard InChI is InChI=1S/C22H23F3N4S/c23-22(24,25)12-16-10-18-20(26-13-27-21(18)30-16)29-8-6-15(7-9-29)28-19-11-17(19)14-4-2-1-3-5-14/h1-5,10,13,15,17,19,28H,6-9,11-12H2/t17-,19+/m1/s1. The van der Waals surface area contributed by atoms with E-state index >= 15 is 0 Å². The zero-order chi connectivity index (χ0) is 20.7. The Kier molecular flexibility index (Phi) is 5.14. The van der Waals surface area contributed by atoms with Crippen molar-refractivity contribution in [3.8, 4) is 0 Å². The minimum atomic E-state index is -4.21. The second kappa shape index (κ2) is 7.81. The molecule has 1 saturated carbocycles. The second-order valence-electron chi connectivity index (χ2n) is 8.21. The number of hydrogen-bond acceptors (Lipinski definition) is 5. The molecule has 1 aliphatic heterocycles. The van der Waals surface area contributed by atoms with Crippen LogP contribution < -0.4 is 10.2 Å². The third kappa shape index (κ3) is 4.30. The van der Waals surface area contributed by atoms with Gasteiger partial charge in [0.25, 0.3) is 0 Å². The Morgan fingerprint density at radius 3 is 2.60 bits per heavy atom. The fraction of sp³-hybridized carbons (Fsp3) is 0.455. The molecule has 0 amide bonds. The summed E-state index contributed by atoms with van der Waals surface area (Å²) in [4.78, 5) is 11.7. The molecule has 2 atom stereocenters. The van der Waals surface area contributed by atoms with Gasteiger partial charge in [0.05, 0.1) is 11.8 Å². The SMILES string of the molecule is FC(F)(F)Cc1cc2c(N3CCC(N[C@H]4C[C@@H]4c4ccccc4)CC3)ncnc2s1. The lowest BCUT2D eigenvalue weighted by Gasteiger charge is -2.33. The lowest BCUT2D eigenvalue weighted by atomic mass is 10.0. The van der Waals surface area contributed by atoms with Crippen LogP contribution in [0.3, 0.4) is 0 Å². The van der Waals surface area contributed by atoms with Crippen LogP contribution in [0, 0.1) is 0 Å². The molecule has 0 spiro atoms. The average molecular weight is 433 g/mol. The lowest BCUT2D eigenvalue weighted by Crippen LogP contribution is -2.43. The van der Waals surface area contributed by atoms with Gasteiger partial charge in [0, 0.05) is 36.0 Å². The molecule has 1 N–H and O–H groups in total. The van der Waals surface area contributed by atoms with Crippen LogP contribution >= 0.6 is 11.3 Å². The summed E-state index contributed by atoms with van der Waals surface area (Å²) in [5.41, 5.74) is 1.41. The Balaban J connectivity index is 1.21. The van der Waals surface area contributed by atoms with Gasteiger partial charge in [0.15, 0.2) is 0 Å². The predicted octanol–water partition coefficient (Wildman–Crippen LogP) is 4.91. The maximum absolute atomic E-state index is 12.8. The third-order valence-corrected chi connectivity index (χ3v) is 7.04. The first-order valence-electron chi connectivity index (χ1n) is 10.3. The van der Waals surface area contributed by atoms with Crippen molar-refractivity contribution in [2.75, 3.05) is 18.0 Å². The van der Waals surface area contributed by atoms with Crippen molar-refractivity contribution < 1.29 is 13.2 Å². The molecule has 158 valence electrons. The Morgan fingerprint density at radius 1 is 1.10 bits per heavy atom. The summed E-state index contributed by atoms with van der Waals surface area (Å²) in [5, 5.41) is 4.53. The normalized spacial score (nSPS) is 22.6. The highest BCUT2D eigenvalue weighted by molar-refractivity contribution is 7.18. The van der Waals surface area contributed by atoms with Crippen molar-refractivity contribution in [3.63, 3.8) is 0 Å². The van der Waals surface area contributed by atoms with Gasteiger partial charge in [-0.3, -0.25) is 0 Å². The van der Waals surface area contributed by atoms with E-state index in [-0.39, 0.29) is 4.88 Å². The number of nitrogens with one attached hydrogen (secondary N) is 1. The number of aromatic nitrogens is 2. The molecule has 0 radical (unpaired) electrons. The topological polar surface area (TPSA) is 41.0 Å². The van der Waals surface area contributed by atoms with Gasteiger partial charge in [-0.25, -0.2) is 9.97 Å². The van der Waals surface area contributed by atoms with Crippen LogP contribution in [0.1, 0.15) is 35.6 Å². The van der Waals surface area contributed by atoms with Crippen molar-refractivity contribution in [1.82, 2.24) is 15.3 Å². The summed E-state index contributed by atoms with van der Waals surface area (Å²) in [6.07, 6.45) is -0.466. The van der Waals surface area contributed by atoms with Crippen molar-refractivity contribution in [1.29, 1.82) is 0 Å². The largest absolute Gasteiger partial charge is 0.393 e. The number of benzene rings is 1. The molecule has 0 bridgehead atoms. The number of halogens is 3. The van der Waals surface area contributed by atoms with E-state index in [1.807, 2.05) is 6.07 Å². The Morgan fingerprint density at radius 2 is 1.87 bits per heavy atom. The number of hydrogen-bond donors (Lipinski definition) is 1. The molecule has 4 nitrogen and oxygen atoms in total. The second-order valence-corrected chi connectivity index (χ2v) is 9.32. The monoisotopic (exact) mass is 432 g/mol. The van der Waals surface area contributed by atoms with Crippen LogP contribution in [0.5, 0.6) is 0 Å². The number of alkyl halides is 3. The predicted molar refractivity (Wildman–Crippen MR) is 113 cm³/mol. The lowest BCUT2D eigenvalue weighted by molar-refractivity contribution is -0.126. The summed E-state index contributed by atoms with van der Waals surface area (Å²) in [6.45, 7) is 1.69. The first kappa shape index (κ1) is 19.8. The molecule has 8 heteroatoms. The van der Waals surface area contributed by atoms with Gasteiger partial charge < -0.3 is 10.2 Å². The first-order chi connectivity index (χ1) is 14.5. The Hall–Kier alpha value is -2.19. The van der Waals surface area contributed by atoms with Crippen LogP contribution in [-0.2, 0) is 6.42 Å². The molecule has 30 heavy (non-hydrogen) atoms. The minimum absolute atomic E-state index is 0.288.